The maximum Gasteiger partial charge on any atom is 0.416 e. The maximum atomic E-state index is 12.5. The SMILES string of the molecule is FC(F)(F)c1cccc(N2C=CC=C(Br)N2)c1. The van der Waals surface area contributed by atoms with Crippen molar-refractivity contribution in [2.45, 2.75) is 6.18 Å². The fraction of sp³-hybridized carbons (Fsp3) is 0.0909. The van der Waals surface area contributed by atoms with Gasteiger partial charge < -0.3 is 0 Å². The van der Waals surface area contributed by atoms with Crippen molar-refractivity contribution < 1.29 is 13.2 Å². The van der Waals surface area contributed by atoms with E-state index in [0.717, 1.165) is 12.1 Å². The number of anilines is 1. The van der Waals surface area contributed by atoms with Gasteiger partial charge in [-0.05, 0) is 46.3 Å². The first-order valence-corrected chi connectivity index (χ1v) is 5.53. The predicted molar refractivity (Wildman–Crippen MR) is 63.2 cm³/mol. The summed E-state index contributed by atoms with van der Waals surface area (Å²) in [6, 6.07) is 5.10. The summed E-state index contributed by atoms with van der Waals surface area (Å²) in [5.41, 5.74) is 2.62. The Hall–Kier alpha value is -1.43. The summed E-state index contributed by atoms with van der Waals surface area (Å²) < 4.78 is 38.3. The van der Waals surface area contributed by atoms with Gasteiger partial charge in [-0.15, -0.1) is 0 Å². The number of hydrazine groups is 1. The molecule has 6 heteroatoms. The molecule has 2 rings (SSSR count). The van der Waals surface area contributed by atoms with Crippen molar-refractivity contribution in [2.24, 2.45) is 0 Å². The first-order chi connectivity index (χ1) is 7.97. The quantitative estimate of drug-likeness (QED) is 0.794. The largest absolute Gasteiger partial charge is 0.416 e. The third-order valence-electron chi connectivity index (χ3n) is 2.16. The lowest BCUT2D eigenvalue weighted by Gasteiger charge is -2.25. The van der Waals surface area contributed by atoms with E-state index in [-0.39, 0.29) is 0 Å². The molecule has 0 radical (unpaired) electrons. The van der Waals surface area contributed by atoms with Crippen LogP contribution in [0.4, 0.5) is 18.9 Å². The lowest BCUT2D eigenvalue weighted by molar-refractivity contribution is -0.137. The van der Waals surface area contributed by atoms with Crippen LogP contribution in [-0.4, -0.2) is 0 Å². The minimum absolute atomic E-state index is 0.418. The average molecular weight is 305 g/mol. The molecule has 0 saturated carbocycles. The summed E-state index contributed by atoms with van der Waals surface area (Å²) in [6.07, 6.45) is 0.786. The normalized spacial score (nSPS) is 15.5. The molecule has 0 fully saturated rings. The van der Waals surface area contributed by atoms with Gasteiger partial charge in [-0.1, -0.05) is 6.07 Å². The molecule has 1 aromatic carbocycles. The number of nitrogens with zero attached hydrogens (tertiary/aromatic N) is 1. The number of hydrogen-bond acceptors (Lipinski definition) is 2. The molecule has 1 aliphatic heterocycles. The number of halogens is 4. The highest BCUT2D eigenvalue weighted by Crippen LogP contribution is 2.31. The average Bonchev–Trinajstić information content (AvgIpc) is 2.28. The van der Waals surface area contributed by atoms with Crippen LogP contribution in [0.1, 0.15) is 5.56 Å². The Morgan fingerprint density at radius 3 is 2.65 bits per heavy atom. The van der Waals surface area contributed by atoms with Crippen LogP contribution in [0.15, 0.2) is 47.2 Å². The lowest BCUT2D eigenvalue weighted by Crippen LogP contribution is -2.32. The number of rotatable bonds is 1. The van der Waals surface area contributed by atoms with Gasteiger partial charge in [0.05, 0.1) is 15.9 Å². The molecule has 0 spiro atoms. The smallest absolute Gasteiger partial charge is 0.287 e. The first kappa shape index (κ1) is 12.0. The van der Waals surface area contributed by atoms with Crippen molar-refractivity contribution in [3.05, 3.63) is 52.8 Å². The van der Waals surface area contributed by atoms with Gasteiger partial charge in [-0.3, -0.25) is 10.4 Å². The summed E-state index contributed by atoms with van der Waals surface area (Å²) in [5.74, 6) is 0. The molecular weight excluding hydrogens is 297 g/mol. The Morgan fingerprint density at radius 2 is 2.00 bits per heavy atom. The van der Waals surface area contributed by atoms with E-state index in [2.05, 4.69) is 21.4 Å². The second-order valence-corrected chi connectivity index (χ2v) is 4.24. The summed E-state index contributed by atoms with van der Waals surface area (Å²) in [5, 5.41) is 1.50. The molecule has 0 bridgehead atoms. The van der Waals surface area contributed by atoms with E-state index in [1.807, 2.05) is 0 Å². The molecule has 1 aliphatic rings. The maximum absolute atomic E-state index is 12.5. The van der Waals surface area contributed by atoms with E-state index >= 15 is 0 Å². The molecule has 0 amide bonds. The fourth-order valence-electron chi connectivity index (χ4n) is 1.39. The van der Waals surface area contributed by atoms with E-state index in [1.54, 1.807) is 24.4 Å². The molecule has 0 saturated heterocycles. The molecule has 0 aliphatic carbocycles. The van der Waals surface area contributed by atoms with Crippen LogP contribution in [-0.2, 0) is 6.18 Å². The molecule has 0 atom stereocenters. The second kappa shape index (κ2) is 4.44. The Morgan fingerprint density at radius 1 is 1.24 bits per heavy atom. The van der Waals surface area contributed by atoms with Crippen LogP contribution in [0.5, 0.6) is 0 Å². The molecule has 90 valence electrons. The van der Waals surface area contributed by atoms with Gasteiger partial charge in [0, 0.05) is 6.20 Å². The number of hydrogen-bond donors (Lipinski definition) is 1. The zero-order valence-electron chi connectivity index (χ0n) is 8.50. The van der Waals surface area contributed by atoms with E-state index in [4.69, 9.17) is 0 Å². The number of benzene rings is 1. The minimum atomic E-state index is -4.33. The van der Waals surface area contributed by atoms with E-state index in [9.17, 15) is 13.2 Å². The summed E-state index contributed by atoms with van der Waals surface area (Å²) in [4.78, 5) is 0. The van der Waals surface area contributed by atoms with Gasteiger partial charge in [0.2, 0.25) is 0 Å². The monoisotopic (exact) mass is 304 g/mol. The van der Waals surface area contributed by atoms with E-state index in [0.29, 0.717) is 10.3 Å². The number of allylic oxidation sites excluding steroid dienone is 2. The molecule has 2 nitrogen and oxygen atoms in total. The van der Waals surface area contributed by atoms with Crippen molar-refractivity contribution in [3.8, 4) is 0 Å². The number of alkyl halides is 3. The Bertz CT molecular complexity index is 480. The Balaban J connectivity index is 2.29. The summed E-state index contributed by atoms with van der Waals surface area (Å²) in [6.45, 7) is 0. The summed E-state index contributed by atoms with van der Waals surface area (Å²) >= 11 is 3.22. The molecule has 1 aromatic rings. The molecule has 17 heavy (non-hydrogen) atoms. The van der Waals surface area contributed by atoms with Crippen LogP contribution in [0.2, 0.25) is 0 Å². The minimum Gasteiger partial charge on any atom is -0.287 e. The molecule has 1 N–H and O–H groups in total. The van der Waals surface area contributed by atoms with Crippen LogP contribution in [0.3, 0.4) is 0 Å². The standard InChI is InChI=1S/C11H8BrF3N2/c12-10-5-2-6-17(16-10)9-4-1-3-8(7-9)11(13,14)15/h1-7,16H. The van der Waals surface area contributed by atoms with Gasteiger partial charge in [0.25, 0.3) is 0 Å². The second-order valence-electron chi connectivity index (χ2n) is 3.39. The highest BCUT2D eigenvalue weighted by atomic mass is 79.9. The lowest BCUT2D eigenvalue weighted by atomic mass is 10.2. The zero-order valence-corrected chi connectivity index (χ0v) is 10.1. The predicted octanol–water partition coefficient (Wildman–Crippen LogP) is 3.78. The Labute approximate surface area is 105 Å². The first-order valence-electron chi connectivity index (χ1n) is 4.74. The molecule has 0 aromatic heterocycles. The van der Waals surface area contributed by atoms with Gasteiger partial charge in [0.15, 0.2) is 0 Å². The number of nitrogens with one attached hydrogen (secondary N) is 1. The van der Waals surface area contributed by atoms with Crippen LogP contribution < -0.4 is 10.4 Å². The third kappa shape index (κ3) is 2.82. The van der Waals surface area contributed by atoms with Crippen molar-refractivity contribution in [1.29, 1.82) is 0 Å². The van der Waals surface area contributed by atoms with Crippen molar-refractivity contribution >= 4 is 21.6 Å². The van der Waals surface area contributed by atoms with Gasteiger partial charge in [-0.2, -0.15) is 13.2 Å². The zero-order chi connectivity index (χ0) is 12.5. The molecule has 1 heterocycles. The van der Waals surface area contributed by atoms with E-state index in [1.165, 1.54) is 11.1 Å². The van der Waals surface area contributed by atoms with E-state index < -0.39 is 11.7 Å². The third-order valence-corrected chi connectivity index (χ3v) is 2.60. The molecular formula is C11H8BrF3N2. The van der Waals surface area contributed by atoms with Crippen LogP contribution >= 0.6 is 15.9 Å². The van der Waals surface area contributed by atoms with Gasteiger partial charge in [0.1, 0.15) is 0 Å². The fourth-order valence-corrected chi connectivity index (χ4v) is 1.73. The Kier molecular flexibility index (Phi) is 3.15. The van der Waals surface area contributed by atoms with Crippen molar-refractivity contribution in [1.82, 2.24) is 5.43 Å². The molecule has 0 unspecified atom stereocenters. The van der Waals surface area contributed by atoms with Crippen LogP contribution in [0.25, 0.3) is 0 Å². The highest BCUT2D eigenvalue weighted by molar-refractivity contribution is 9.11. The van der Waals surface area contributed by atoms with Gasteiger partial charge in [-0.25, -0.2) is 0 Å². The summed E-state index contributed by atoms with van der Waals surface area (Å²) in [7, 11) is 0. The van der Waals surface area contributed by atoms with Gasteiger partial charge >= 0.3 is 6.18 Å². The van der Waals surface area contributed by atoms with Crippen molar-refractivity contribution in [2.75, 3.05) is 5.01 Å². The highest BCUT2D eigenvalue weighted by Gasteiger charge is 2.30. The van der Waals surface area contributed by atoms with Crippen LogP contribution in [0, 0.1) is 0 Å². The van der Waals surface area contributed by atoms with Crippen molar-refractivity contribution in [3.63, 3.8) is 0 Å². The topological polar surface area (TPSA) is 15.3 Å².